The van der Waals surface area contributed by atoms with Crippen molar-refractivity contribution < 1.29 is 14.7 Å². The highest BCUT2D eigenvalue weighted by molar-refractivity contribution is 5.94. The smallest absolute Gasteiger partial charge is 0.335 e. The van der Waals surface area contributed by atoms with Gasteiger partial charge in [0.25, 0.3) is 0 Å². The molecular weight excluding hydrogens is 258 g/mol. The number of carboxylic acids is 1. The predicted molar refractivity (Wildman–Crippen MR) is 71.7 cm³/mol. The molecule has 1 amide bonds. The Kier molecular flexibility index (Phi) is 2.78. The topological polar surface area (TPSA) is 84.2 Å². The average molecular weight is 271 g/mol. The summed E-state index contributed by atoms with van der Waals surface area (Å²) < 4.78 is 1.63. The first-order valence-corrected chi connectivity index (χ1v) is 6.21. The van der Waals surface area contributed by atoms with Crippen molar-refractivity contribution in [3.05, 3.63) is 47.2 Å². The van der Waals surface area contributed by atoms with Gasteiger partial charge in [0.1, 0.15) is 5.82 Å². The number of rotatable bonds is 2. The number of benzene rings is 1. The Hall–Kier alpha value is -2.63. The van der Waals surface area contributed by atoms with Gasteiger partial charge in [-0.25, -0.2) is 4.79 Å². The van der Waals surface area contributed by atoms with Gasteiger partial charge in [-0.15, -0.1) is 0 Å². The number of anilines is 1. The number of carbonyl (C=O) groups excluding carboxylic acids is 1. The van der Waals surface area contributed by atoms with Crippen LogP contribution in [-0.2, 0) is 11.8 Å². The Balaban J connectivity index is 2.01. The molecule has 6 heteroatoms. The zero-order valence-electron chi connectivity index (χ0n) is 10.8. The number of hydrogen-bond acceptors (Lipinski definition) is 3. The maximum Gasteiger partial charge on any atom is 0.335 e. The number of nitrogens with zero attached hydrogens (tertiary/aromatic N) is 2. The Morgan fingerprint density at radius 1 is 1.40 bits per heavy atom. The molecule has 0 fully saturated rings. The molecule has 0 aliphatic carbocycles. The van der Waals surface area contributed by atoms with Crippen LogP contribution in [0.1, 0.15) is 33.8 Å². The van der Waals surface area contributed by atoms with E-state index in [9.17, 15) is 9.59 Å². The van der Waals surface area contributed by atoms with Crippen LogP contribution in [0.4, 0.5) is 5.82 Å². The third-order valence-electron chi connectivity index (χ3n) is 3.55. The quantitative estimate of drug-likeness (QED) is 0.868. The van der Waals surface area contributed by atoms with Gasteiger partial charge in [0.05, 0.1) is 11.8 Å². The first-order chi connectivity index (χ1) is 9.56. The molecule has 2 heterocycles. The van der Waals surface area contributed by atoms with Gasteiger partial charge in [0.15, 0.2) is 0 Å². The number of hydrogen-bond donors (Lipinski definition) is 2. The van der Waals surface area contributed by atoms with Crippen LogP contribution in [0, 0.1) is 0 Å². The van der Waals surface area contributed by atoms with Crippen LogP contribution >= 0.6 is 0 Å². The summed E-state index contributed by atoms with van der Waals surface area (Å²) in [5.74, 6) is -0.405. The number of nitrogens with one attached hydrogen (secondary N) is 1. The van der Waals surface area contributed by atoms with Crippen LogP contribution in [0.2, 0.25) is 0 Å². The second-order valence-electron chi connectivity index (χ2n) is 4.80. The molecule has 1 aliphatic rings. The van der Waals surface area contributed by atoms with Crippen LogP contribution in [0.3, 0.4) is 0 Å². The minimum absolute atomic E-state index is 0.0617. The molecule has 1 aromatic carbocycles. The number of carboxylic acid groups (broad SMARTS) is 1. The van der Waals surface area contributed by atoms with Gasteiger partial charge < -0.3 is 10.4 Å². The number of carbonyl (C=O) groups is 2. The van der Waals surface area contributed by atoms with Gasteiger partial charge in [0.2, 0.25) is 5.91 Å². The van der Waals surface area contributed by atoms with Crippen molar-refractivity contribution in [1.29, 1.82) is 0 Å². The summed E-state index contributed by atoms with van der Waals surface area (Å²) in [4.78, 5) is 22.7. The van der Waals surface area contributed by atoms with E-state index in [4.69, 9.17) is 5.11 Å². The van der Waals surface area contributed by atoms with Gasteiger partial charge in [-0.1, -0.05) is 12.1 Å². The molecule has 0 saturated heterocycles. The van der Waals surface area contributed by atoms with E-state index in [0.29, 0.717) is 12.2 Å². The molecule has 20 heavy (non-hydrogen) atoms. The molecule has 1 aliphatic heterocycles. The highest BCUT2D eigenvalue weighted by Crippen LogP contribution is 2.36. The first-order valence-electron chi connectivity index (χ1n) is 6.21. The van der Waals surface area contributed by atoms with Crippen molar-refractivity contribution in [1.82, 2.24) is 9.78 Å². The van der Waals surface area contributed by atoms with Crippen molar-refractivity contribution in [3.8, 4) is 0 Å². The van der Waals surface area contributed by atoms with Gasteiger partial charge in [-0.2, -0.15) is 5.10 Å². The van der Waals surface area contributed by atoms with Crippen molar-refractivity contribution >= 4 is 17.7 Å². The summed E-state index contributed by atoms with van der Waals surface area (Å²) >= 11 is 0. The molecule has 6 nitrogen and oxygen atoms in total. The lowest BCUT2D eigenvalue weighted by Crippen LogP contribution is -2.24. The number of amides is 1. The number of aryl methyl sites for hydroxylation is 1. The maximum atomic E-state index is 11.8. The third-order valence-corrected chi connectivity index (χ3v) is 3.55. The van der Waals surface area contributed by atoms with E-state index in [1.165, 1.54) is 0 Å². The molecule has 102 valence electrons. The Bertz CT molecular complexity index is 688. The lowest BCUT2D eigenvalue weighted by Gasteiger charge is -2.23. The van der Waals surface area contributed by atoms with Crippen LogP contribution in [-0.4, -0.2) is 26.8 Å². The molecule has 2 N–H and O–H groups in total. The number of aromatic carboxylic acids is 1. The van der Waals surface area contributed by atoms with Crippen molar-refractivity contribution in [3.63, 3.8) is 0 Å². The fourth-order valence-corrected chi connectivity index (χ4v) is 2.50. The molecule has 0 bridgehead atoms. The minimum atomic E-state index is -0.958. The largest absolute Gasteiger partial charge is 0.478 e. The summed E-state index contributed by atoms with van der Waals surface area (Å²) in [6, 6.07) is 6.62. The lowest BCUT2D eigenvalue weighted by atomic mass is 9.87. The van der Waals surface area contributed by atoms with Crippen molar-refractivity contribution in [2.24, 2.45) is 7.05 Å². The average Bonchev–Trinajstić information content (AvgIpc) is 2.80. The van der Waals surface area contributed by atoms with E-state index < -0.39 is 5.97 Å². The SMILES string of the molecule is Cn1ncc2c1NC(=O)CC2c1ccc(C(=O)O)cc1. The van der Waals surface area contributed by atoms with E-state index >= 15 is 0 Å². The van der Waals surface area contributed by atoms with Crippen molar-refractivity contribution in [2.45, 2.75) is 12.3 Å². The van der Waals surface area contributed by atoms with Gasteiger partial charge in [-0.3, -0.25) is 9.48 Å². The van der Waals surface area contributed by atoms with Crippen molar-refractivity contribution in [2.75, 3.05) is 5.32 Å². The lowest BCUT2D eigenvalue weighted by molar-refractivity contribution is -0.116. The highest BCUT2D eigenvalue weighted by Gasteiger charge is 2.29. The van der Waals surface area contributed by atoms with E-state index in [1.54, 1.807) is 42.2 Å². The summed E-state index contributed by atoms with van der Waals surface area (Å²) in [6.45, 7) is 0. The molecular formula is C14H13N3O3. The summed E-state index contributed by atoms with van der Waals surface area (Å²) in [5, 5.41) is 15.9. The highest BCUT2D eigenvalue weighted by atomic mass is 16.4. The van der Waals surface area contributed by atoms with E-state index in [1.807, 2.05) is 0 Å². The summed E-state index contributed by atoms with van der Waals surface area (Å²) in [6.07, 6.45) is 2.08. The predicted octanol–water partition coefficient (Wildman–Crippen LogP) is 1.59. The van der Waals surface area contributed by atoms with Crippen LogP contribution in [0.5, 0.6) is 0 Å². The third kappa shape index (κ3) is 1.95. The number of aromatic nitrogens is 2. The standard InChI is InChI=1S/C14H13N3O3/c1-17-13-11(7-15-17)10(6-12(18)16-13)8-2-4-9(5-3-8)14(19)20/h2-5,7,10H,6H2,1H3,(H,16,18)(H,19,20). The molecule has 2 aromatic rings. The van der Waals surface area contributed by atoms with E-state index in [2.05, 4.69) is 10.4 Å². The molecule has 1 unspecified atom stereocenters. The van der Waals surface area contributed by atoms with E-state index in [0.717, 1.165) is 11.1 Å². The second-order valence-corrected chi connectivity index (χ2v) is 4.80. The fourth-order valence-electron chi connectivity index (χ4n) is 2.50. The molecule has 0 saturated carbocycles. The Morgan fingerprint density at radius 2 is 2.10 bits per heavy atom. The molecule has 1 aromatic heterocycles. The molecule has 3 rings (SSSR count). The molecule has 0 spiro atoms. The monoisotopic (exact) mass is 271 g/mol. The fraction of sp³-hybridized carbons (Fsp3) is 0.214. The van der Waals surface area contributed by atoms with Gasteiger partial charge in [0, 0.05) is 24.9 Å². The summed E-state index contributed by atoms with van der Waals surface area (Å²) in [5.41, 5.74) is 2.11. The van der Waals surface area contributed by atoms with Crippen LogP contribution in [0.25, 0.3) is 0 Å². The Labute approximate surface area is 115 Å². The Morgan fingerprint density at radius 3 is 2.75 bits per heavy atom. The zero-order chi connectivity index (χ0) is 14.3. The first kappa shape index (κ1) is 12.4. The normalized spacial score (nSPS) is 17.4. The van der Waals surface area contributed by atoms with Crippen LogP contribution < -0.4 is 5.32 Å². The van der Waals surface area contributed by atoms with Gasteiger partial charge in [-0.05, 0) is 17.7 Å². The zero-order valence-corrected chi connectivity index (χ0v) is 10.8. The molecule has 1 atom stereocenters. The molecule has 0 radical (unpaired) electrons. The minimum Gasteiger partial charge on any atom is -0.478 e. The maximum absolute atomic E-state index is 11.8. The van der Waals surface area contributed by atoms with Crippen LogP contribution in [0.15, 0.2) is 30.5 Å². The van der Waals surface area contributed by atoms with E-state index in [-0.39, 0.29) is 17.4 Å². The second kappa shape index (κ2) is 4.48. The van der Waals surface area contributed by atoms with Gasteiger partial charge >= 0.3 is 5.97 Å². The summed E-state index contributed by atoms with van der Waals surface area (Å²) in [7, 11) is 1.77. The number of fused-ring (bicyclic) bond motifs is 1.